The van der Waals surface area contributed by atoms with Gasteiger partial charge in [-0.2, -0.15) is 0 Å². The van der Waals surface area contributed by atoms with Gasteiger partial charge in [-0.15, -0.1) is 0 Å². The first-order valence-electron chi connectivity index (χ1n) is 32.1. The van der Waals surface area contributed by atoms with Crippen molar-refractivity contribution in [2.45, 2.75) is 241 Å². The average Bonchev–Trinajstić information content (AvgIpc) is 1.38. The average molecular weight is 1270 g/mol. The Kier molecular flexibility index (Phi) is 34.2. The van der Waals surface area contributed by atoms with Crippen molar-refractivity contribution in [2.24, 2.45) is 35.5 Å². The summed E-state index contributed by atoms with van der Waals surface area (Å²) in [5.41, 5.74) is 0. The molecular formula is C65H115N11O14. The summed E-state index contributed by atoms with van der Waals surface area (Å²) in [4.78, 5) is 181. The number of allylic oxidation sites excluding steroid dienone is 2. The Hall–Kier alpha value is -6.50. The Morgan fingerprint density at radius 2 is 0.944 bits per heavy atom. The first-order chi connectivity index (χ1) is 41.7. The Morgan fingerprint density at radius 3 is 1.42 bits per heavy atom. The summed E-state index contributed by atoms with van der Waals surface area (Å²) in [5.74, 6) is -10.4. The molecule has 5 N–H and O–H groups in total. The van der Waals surface area contributed by atoms with Crippen molar-refractivity contribution in [3.63, 3.8) is 0 Å². The van der Waals surface area contributed by atoms with E-state index in [1.807, 2.05) is 41.5 Å². The number of hydrogen-bond acceptors (Lipinski definition) is 14. The largest absolute Gasteiger partial charge is 0.390 e. The van der Waals surface area contributed by atoms with Crippen molar-refractivity contribution in [1.82, 2.24) is 55.6 Å². The molecule has 90 heavy (non-hydrogen) atoms. The van der Waals surface area contributed by atoms with Gasteiger partial charge in [-0.3, -0.25) is 52.7 Å². The zero-order valence-electron chi connectivity index (χ0n) is 58.7. The summed E-state index contributed by atoms with van der Waals surface area (Å²) >= 11 is 0. The highest BCUT2D eigenvalue weighted by Crippen LogP contribution is 2.26. The van der Waals surface area contributed by atoms with Crippen molar-refractivity contribution in [3.8, 4) is 0 Å². The van der Waals surface area contributed by atoms with E-state index in [1.165, 1.54) is 89.7 Å². The number of amides is 11. The lowest BCUT2D eigenvalue weighted by atomic mass is 9.91. The van der Waals surface area contributed by atoms with Gasteiger partial charge in [0.1, 0.15) is 72.7 Å². The van der Waals surface area contributed by atoms with Crippen LogP contribution in [-0.2, 0) is 62.3 Å². The second-order valence-corrected chi connectivity index (χ2v) is 26.7. The fourth-order valence-corrected chi connectivity index (χ4v) is 11.2. The van der Waals surface area contributed by atoms with Crippen LogP contribution in [0.4, 0.5) is 0 Å². The van der Waals surface area contributed by atoms with Gasteiger partial charge < -0.3 is 70.2 Å². The van der Waals surface area contributed by atoms with Gasteiger partial charge in [0.05, 0.1) is 12.2 Å². The number of ether oxygens (including phenoxy) is 1. The zero-order chi connectivity index (χ0) is 69.7. The Balaban J connectivity index is 4.44. The minimum absolute atomic E-state index is 0.00909. The lowest BCUT2D eigenvalue weighted by Crippen LogP contribution is -2.64. The van der Waals surface area contributed by atoms with Gasteiger partial charge in [-0.1, -0.05) is 95.2 Å². The van der Waals surface area contributed by atoms with E-state index in [9.17, 15) is 53.1 Å². The van der Waals surface area contributed by atoms with Crippen LogP contribution in [0.2, 0.25) is 0 Å². The van der Waals surface area contributed by atoms with Crippen LogP contribution in [0.1, 0.15) is 163 Å². The summed E-state index contributed by atoms with van der Waals surface area (Å²) in [6.07, 6.45) is 2.75. The molecule has 0 unspecified atom stereocenters. The molecule has 1 saturated heterocycles. The van der Waals surface area contributed by atoms with Crippen LogP contribution in [0.3, 0.4) is 0 Å². The number of aliphatic hydroxyl groups is 1. The summed E-state index contributed by atoms with van der Waals surface area (Å²) in [5, 5.41) is 23.1. The van der Waals surface area contributed by atoms with Crippen LogP contribution in [0.15, 0.2) is 12.2 Å². The van der Waals surface area contributed by atoms with Gasteiger partial charge >= 0.3 is 0 Å². The predicted octanol–water partition coefficient (Wildman–Crippen LogP) is 3.00. The van der Waals surface area contributed by atoms with E-state index < -0.39 is 161 Å². The molecule has 1 rings (SSSR count). The quantitative estimate of drug-likeness (QED) is 0.0706. The Bertz CT molecular complexity index is 2470. The highest BCUT2D eigenvalue weighted by molar-refractivity contribution is 6.00. The van der Waals surface area contributed by atoms with Crippen LogP contribution in [0, 0.1) is 35.5 Å². The number of hydrogen-bond donors (Lipinski definition) is 5. The molecule has 0 saturated carbocycles. The first-order valence-corrected chi connectivity index (χ1v) is 32.1. The van der Waals surface area contributed by atoms with Crippen molar-refractivity contribution >= 4 is 71.3 Å². The summed E-state index contributed by atoms with van der Waals surface area (Å²) < 4.78 is 6.05. The van der Waals surface area contributed by atoms with E-state index in [0.717, 1.165) is 14.7 Å². The highest BCUT2D eigenvalue weighted by atomic mass is 16.5. The molecule has 0 bridgehead atoms. The van der Waals surface area contributed by atoms with E-state index in [0.29, 0.717) is 6.29 Å². The third-order valence-corrected chi connectivity index (χ3v) is 17.1. The van der Waals surface area contributed by atoms with Crippen molar-refractivity contribution < 1.29 is 67.4 Å². The van der Waals surface area contributed by atoms with Crippen LogP contribution < -0.4 is 21.3 Å². The molecule has 14 atom stereocenters. The number of likely N-dealkylation sites (N-methyl/N-ethyl adjacent to an activating group) is 7. The van der Waals surface area contributed by atoms with Gasteiger partial charge in [-0.25, -0.2) is 0 Å². The molecule has 25 heteroatoms. The lowest BCUT2D eigenvalue weighted by Gasteiger charge is -2.41. The molecule has 0 aromatic carbocycles. The molecular weight excluding hydrogens is 1160 g/mol. The molecule has 1 heterocycles. The number of aldehydes is 1. The third kappa shape index (κ3) is 22.4. The fraction of sp³-hybridized carbons (Fsp3) is 0.785. The van der Waals surface area contributed by atoms with Crippen molar-refractivity contribution in [3.05, 3.63) is 12.2 Å². The van der Waals surface area contributed by atoms with E-state index in [-0.39, 0.29) is 69.3 Å². The standard InChI is InChI=1S/C65H115N11O14/c1-25-27-30-41(13)54(78)53-58(82)68-46(26-2)61(85)70(18)44(16)60(84)75(23)52(45(17)90-32-29-28-31-77)57(81)69-50(39(9)10)64(88)71(19)47(33-36(3)4)56(80)66-42(14)55(79)67-43(15)59(83)72(20)48(34-37(5)6)62(86)73(21)49(35-38(7)8)63(87)74(22)51(40(11)12)65(89)76(53)24/h25,27,31,36-54,78H,26,28-30,32-35H2,1-24H3,(H,66,80)(H,67,79)(H,68,82)(H,69,81)/b27-25+/t41-,42+,43+,44-,45-,46+,47-,48+,49-,50+,51+,52+,53+,54-/m1/s1. The van der Waals surface area contributed by atoms with E-state index in [2.05, 4.69) is 21.3 Å². The van der Waals surface area contributed by atoms with Gasteiger partial charge in [0.2, 0.25) is 65.0 Å². The minimum atomic E-state index is -1.65. The second kappa shape index (κ2) is 37.7. The van der Waals surface area contributed by atoms with Crippen molar-refractivity contribution in [2.75, 3.05) is 55.9 Å². The van der Waals surface area contributed by atoms with E-state index in [4.69, 9.17) is 4.74 Å². The van der Waals surface area contributed by atoms with Gasteiger partial charge in [0, 0.05) is 62.4 Å². The third-order valence-electron chi connectivity index (χ3n) is 17.1. The number of carbonyl (C=O) groups excluding carboxylic acids is 12. The van der Waals surface area contributed by atoms with Crippen LogP contribution >= 0.6 is 0 Å². The summed E-state index contributed by atoms with van der Waals surface area (Å²) in [6, 6.07) is -14.4. The normalized spacial score (nSPS) is 27.2. The molecule has 1 fully saturated rings. The summed E-state index contributed by atoms with van der Waals surface area (Å²) in [6.45, 7) is 28.9. The number of nitrogens with zero attached hydrogens (tertiary/aromatic N) is 7. The predicted molar refractivity (Wildman–Crippen MR) is 344 cm³/mol. The monoisotopic (exact) mass is 1270 g/mol. The maximum atomic E-state index is 15.2. The summed E-state index contributed by atoms with van der Waals surface area (Å²) in [7, 11) is 9.72. The number of unbranched alkanes of at least 4 members (excludes halogenated alkanes) is 1. The van der Waals surface area contributed by atoms with Crippen LogP contribution in [-0.4, -0.2) is 245 Å². The molecule has 0 aromatic rings. The smallest absolute Gasteiger partial charge is 0.246 e. The second-order valence-electron chi connectivity index (χ2n) is 26.7. The number of aliphatic hydroxyl groups excluding tert-OH is 1. The van der Waals surface area contributed by atoms with E-state index in [1.54, 1.807) is 67.5 Å². The first kappa shape index (κ1) is 81.5. The Labute approximate surface area is 537 Å². The number of nitrogens with one attached hydrogen (secondary N) is 4. The SMILES string of the molecule is C/C=C/C[C@@H](C)[C@@H](O)[C@H]1C(=O)N[C@@H](CC)C(=O)N(C)[C@H](C)C(=O)N(C)[C@@H]([C@@H](C)OCCCC=O)C(=O)N[C@@H](C(C)C)C(=O)N(C)[C@H](CC(C)C)C(=O)N[C@@H](C)C(=O)N[C@@H](C)C(=O)N(C)[C@@H](CC(C)C)C(=O)N(C)[C@H](CC(C)C)C(=O)N(C)[C@@H](C(C)C)C(=O)N1C. The maximum absolute atomic E-state index is 15.2. The Morgan fingerprint density at radius 1 is 0.489 bits per heavy atom. The molecule has 514 valence electrons. The van der Waals surface area contributed by atoms with E-state index >= 15 is 9.59 Å². The fourth-order valence-electron chi connectivity index (χ4n) is 11.2. The number of carbonyl (C=O) groups is 12. The van der Waals surface area contributed by atoms with Crippen LogP contribution in [0.25, 0.3) is 0 Å². The molecule has 0 spiro atoms. The highest BCUT2D eigenvalue weighted by Gasteiger charge is 2.46. The number of rotatable bonds is 19. The minimum Gasteiger partial charge on any atom is -0.390 e. The molecule has 11 amide bonds. The zero-order valence-corrected chi connectivity index (χ0v) is 58.7. The molecule has 0 radical (unpaired) electrons. The van der Waals surface area contributed by atoms with Crippen LogP contribution in [0.5, 0.6) is 0 Å². The van der Waals surface area contributed by atoms with Crippen molar-refractivity contribution in [1.29, 1.82) is 0 Å². The molecule has 25 nitrogen and oxygen atoms in total. The maximum Gasteiger partial charge on any atom is 0.246 e. The van der Waals surface area contributed by atoms with Gasteiger partial charge in [0.15, 0.2) is 0 Å². The molecule has 1 aliphatic heterocycles. The lowest BCUT2D eigenvalue weighted by molar-refractivity contribution is -0.157. The topological polar surface area (TPSA) is 305 Å². The van der Waals surface area contributed by atoms with Gasteiger partial charge in [-0.05, 0) is 109 Å². The molecule has 1 aliphatic rings. The molecule has 0 aliphatic carbocycles. The van der Waals surface area contributed by atoms with Gasteiger partial charge in [0.25, 0.3) is 0 Å². The molecule has 0 aromatic heterocycles.